The number of benzene rings is 1. The van der Waals surface area contributed by atoms with Gasteiger partial charge in [0.1, 0.15) is 0 Å². The average molecular weight is 271 g/mol. The van der Waals surface area contributed by atoms with Gasteiger partial charge >= 0.3 is 0 Å². The van der Waals surface area contributed by atoms with E-state index in [4.69, 9.17) is 4.52 Å². The van der Waals surface area contributed by atoms with Crippen LogP contribution in [0.1, 0.15) is 37.0 Å². The van der Waals surface area contributed by atoms with Gasteiger partial charge in [-0.05, 0) is 30.9 Å². The van der Waals surface area contributed by atoms with Crippen LogP contribution in [0.25, 0.3) is 0 Å². The van der Waals surface area contributed by atoms with Gasteiger partial charge in [0.25, 0.3) is 0 Å². The van der Waals surface area contributed by atoms with E-state index in [0.29, 0.717) is 0 Å². The molecule has 1 saturated heterocycles. The summed E-state index contributed by atoms with van der Waals surface area (Å²) in [5.74, 6) is 2.29. The van der Waals surface area contributed by atoms with Gasteiger partial charge in [-0.25, -0.2) is 0 Å². The summed E-state index contributed by atoms with van der Waals surface area (Å²) in [6.07, 6.45) is 3.34. The quantitative estimate of drug-likeness (QED) is 0.857. The molecule has 1 aliphatic rings. The zero-order valence-electron chi connectivity index (χ0n) is 12.0. The normalized spacial score (nSPS) is 20.1. The van der Waals surface area contributed by atoms with Crippen molar-refractivity contribution >= 4 is 0 Å². The third-order valence-corrected chi connectivity index (χ3v) is 3.82. The van der Waals surface area contributed by atoms with Gasteiger partial charge in [0.05, 0.1) is 6.54 Å². The smallest absolute Gasteiger partial charge is 0.240 e. The topological polar surface area (TPSA) is 42.2 Å². The molecule has 1 fully saturated rings. The van der Waals surface area contributed by atoms with Gasteiger partial charge in [0.2, 0.25) is 5.89 Å². The molecule has 106 valence electrons. The lowest BCUT2D eigenvalue weighted by Crippen LogP contribution is -2.33. The van der Waals surface area contributed by atoms with Crippen molar-refractivity contribution in [1.82, 2.24) is 15.0 Å². The lowest BCUT2D eigenvalue weighted by molar-refractivity contribution is 0.157. The first-order valence-electron chi connectivity index (χ1n) is 7.37. The van der Waals surface area contributed by atoms with E-state index in [9.17, 15) is 0 Å². The monoisotopic (exact) mass is 271 g/mol. The maximum atomic E-state index is 5.37. The van der Waals surface area contributed by atoms with Gasteiger partial charge in [-0.2, -0.15) is 4.98 Å². The molecule has 1 aliphatic heterocycles. The Bertz CT molecular complexity index is 538. The molecule has 0 N–H and O–H groups in total. The minimum Gasteiger partial charge on any atom is -0.338 e. The molecule has 2 aromatic rings. The zero-order chi connectivity index (χ0) is 13.8. The van der Waals surface area contributed by atoms with Gasteiger partial charge in [-0.15, -0.1) is 0 Å². The van der Waals surface area contributed by atoms with Crippen LogP contribution in [-0.4, -0.2) is 28.1 Å². The lowest BCUT2D eigenvalue weighted by Gasteiger charge is -2.29. The second-order valence-corrected chi connectivity index (χ2v) is 5.75. The molecule has 3 rings (SSSR count). The number of piperidine rings is 1. The third-order valence-electron chi connectivity index (χ3n) is 3.82. The molecule has 0 aliphatic carbocycles. The Morgan fingerprint density at radius 1 is 1.30 bits per heavy atom. The van der Waals surface area contributed by atoms with Crippen LogP contribution < -0.4 is 0 Å². The van der Waals surface area contributed by atoms with Crippen LogP contribution in [0.3, 0.4) is 0 Å². The van der Waals surface area contributed by atoms with Gasteiger partial charge in [0, 0.05) is 13.0 Å². The van der Waals surface area contributed by atoms with Crippen LogP contribution in [0, 0.1) is 5.92 Å². The number of hydrogen-bond acceptors (Lipinski definition) is 4. The lowest BCUT2D eigenvalue weighted by atomic mass is 10.0. The predicted molar refractivity (Wildman–Crippen MR) is 77.2 cm³/mol. The summed E-state index contributed by atoms with van der Waals surface area (Å²) in [4.78, 5) is 6.92. The Kier molecular flexibility index (Phi) is 4.11. The van der Waals surface area contributed by atoms with E-state index < -0.39 is 0 Å². The summed E-state index contributed by atoms with van der Waals surface area (Å²) in [5, 5.41) is 4.08. The number of likely N-dealkylation sites (tertiary alicyclic amines) is 1. The van der Waals surface area contributed by atoms with Crippen LogP contribution in [0.4, 0.5) is 0 Å². The predicted octanol–water partition coefficient (Wildman–Crippen LogP) is 2.89. The Balaban J connectivity index is 1.59. The zero-order valence-corrected chi connectivity index (χ0v) is 12.0. The highest BCUT2D eigenvalue weighted by Crippen LogP contribution is 2.17. The Morgan fingerprint density at radius 2 is 2.15 bits per heavy atom. The fourth-order valence-corrected chi connectivity index (χ4v) is 2.83. The molecule has 1 aromatic heterocycles. The van der Waals surface area contributed by atoms with Crippen LogP contribution >= 0.6 is 0 Å². The molecule has 0 amide bonds. The molecular formula is C16H21N3O. The number of aromatic nitrogens is 2. The van der Waals surface area contributed by atoms with Crippen LogP contribution in [0.2, 0.25) is 0 Å². The van der Waals surface area contributed by atoms with Crippen molar-refractivity contribution in [3.63, 3.8) is 0 Å². The van der Waals surface area contributed by atoms with Crippen LogP contribution in [0.15, 0.2) is 34.9 Å². The van der Waals surface area contributed by atoms with Crippen molar-refractivity contribution in [3.8, 4) is 0 Å². The van der Waals surface area contributed by atoms with Gasteiger partial charge in [-0.1, -0.05) is 42.4 Å². The highest BCUT2D eigenvalue weighted by Gasteiger charge is 2.18. The van der Waals surface area contributed by atoms with Crippen LogP contribution in [-0.2, 0) is 13.0 Å². The molecule has 0 unspecified atom stereocenters. The second kappa shape index (κ2) is 6.18. The van der Waals surface area contributed by atoms with Crippen LogP contribution in [0.5, 0.6) is 0 Å². The molecular weight excluding hydrogens is 250 g/mol. The van der Waals surface area contributed by atoms with Gasteiger partial charge in [-0.3, -0.25) is 4.90 Å². The van der Waals surface area contributed by atoms with E-state index in [1.54, 1.807) is 0 Å². The molecule has 1 atom stereocenters. The highest BCUT2D eigenvalue weighted by molar-refractivity contribution is 5.18. The standard InChI is InChI=1S/C16H21N3O/c1-13-6-5-9-19(11-13)12-16-17-15(18-20-16)10-14-7-3-2-4-8-14/h2-4,7-8,13H,5-6,9-12H2,1H3/t13-/m1/s1. The number of hydrogen-bond donors (Lipinski definition) is 0. The fourth-order valence-electron chi connectivity index (χ4n) is 2.83. The average Bonchev–Trinajstić information content (AvgIpc) is 2.87. The summed E-state index contributed by atoms with van der Waals surface area (Å²) in [6.45, 7) is 5.37. The molecule has 0 bridgehead atoms. The maximum absolute atomic E-state index is 5.37. The SMILES string of the molecule is C[C@@H]1CCCN(Cc2nc(Cc3ccccc3)no2)C1. The molecule has 0 radical (unpaired) electrons. The molecule has 4 heteroatoms. The van der Waals surface area contributed by atoms with Crippen molar-refractivity contribution < 1.29 is 4.52 Å². The minimum absolute atomic E-state index is 0.737. The molecule has 1 aromatic carbocycles. The van der Waals surface area contributed by atoms with E-state index in [0.717, 1.165) is 43.7 Å². The summed E-state index contributed by atoms with van der Waals surface area (Å²) < 4.78 is 5.37. The van der Waals surface area contributed by atoms with Crippen molar-refractivity contribution in [2.24, 2.45) is 5.92 Å². The third kappa shape index (κ3) is 3.45. The van der Waals surface area contributed by atoms with Gasteiger partial charge < -0.3 is 4.52 Å². The molecule has 0 spiro atoms. The highest BCUT2D eigenvalue weighted by atomic mass is 16.5. The molecule has 2 heterocycles. The summed E-state index contributed by atoms with van der Waals surface area (Å²) in [6, 6.07) is 10.3. The molecule has 0 saturated carbocycles. The first-order valence-corrected chi connectivity index (χ1v) is 7.37. The van der Waals surface area contributed by atoms with E-state index in [1.807, 2.05) is 18.2 Å². The first kappa shape index (κ1) is 13.3. The molecule has 4 nitrogen and oxygen atoms in total. The summed E-state index contributed by atoms with van der Waals surface area (Å²) in [7, 11) is 0. The van der Waals surface area contributed by atoms with Crippen molar-refractivity contribution in [3.05, 3.63) is 47.6 Å². The van der Waals surface area contributed by atoms with E-state index in [1.165, 1.54) is 18.4 Å². The summed E-state index contributed by atoms with van der Waals surface area (Å²) >= 11 is 0. The number of rotatable bonds is 4. The number of nitrogens with zero attached hydrogens (tertiary/aromatic N) is 3. The maximum Gasteiger partial charge on any atom is 0.240 e. The van der Waals surface area contributed by atoms with E-state index >= 15 is 0 Å². The Morgan fingerprint density at radius 3 is 2.95 bits per heavy atom. The van der Waals surface area contributed by atoms with Gasteiger partial charge in [0.15, 0.2) is 5.82 Å². The Labute approximate surface area is 119 Å². The fraction of sp³-hybridized carbons (Fsp3) is 0.500. The van der Waals surface area contributed by atoms with Crippen molar-refractivity contribution in [2.75, 3.05) is 13.1 Å². The first-order chi connectivity index (χ1) is 9.79. The molecule has 20 heavy (non-hydrogen) atoms. The second-order valence-electron chi connectivity index (χ2n) is 5.75. The van der Waals surface area contributed by atoms with E-state index in [2.05, 4.69) is 34.1 Å². The van der Waals surface area contributed by atoms with Crippen molar-refractivity contribution in [2.45, 2.75) is 32.7 Å². The van der Waals surface area contributed by atoms with Crippen molar-refractivity contribution in [1.29, 1.82) is 0 Å². The minimum atomic E-state index is 0.737. The largest absolute Gasteiger partial charge is 0.338 e. The summed E-state index contributed by atoms with van der Waals surface area (Å²) in [5.41, 5.74) is 1.21. The Hall–Kier alpha value is -1.68. The van der Waals surface area contributed by atoms with E-state index in [-0.39, 0.29) is 0 Å².